The van der Waals surface area contributed by atoms with Crippen molar-refractivity contribution in [2.24, 2.45) is 5.92 Å². The summed E-state index contributed by atoms with van der Waals surface area (Å²) < 4.78 is 46.2. The van der Waals surface area contributed by atoms with Gasteiger partial charge in [0.25, 0.3) is 5.91 Å². The fraction of sp³-hybridized carbons (Fsp3) is 0.304. The van der Waals surface area contributed by atoms with Crippen LogP contribution in [-0.4, -0.2) is 36.9 Å². The van der Waals surface area contributed by atoms with E-state index in [9.17, 15) is 17.6 Å². The smallest absolute Gasteiger partial charge is 0.277 e. The van der Waals surface area contributed by atoms with Crippen molar-refractivity contribution in [3.63, 3.8) is 0 Å². The first-order valence-corrected chi connectivity index (χ1v) is 11.8. The van der Waals surface area contributed by atoms with Crippen LogP contribution >= 0.6 is 0 Å². The summed E-state index contributed by atoms with van der Waals surface area (Å²) >= 11 is 0. The van der Waals surface area contributed by atoms with E-state index in [1.165, 1.54) is 40.7 Å². The highest BCUT2D eigenvalue weighted by Crippen LogP contribution is 2.25. The van der Waals surface area contributed by atoms with Gasteiger partial charge in [-0.15, -0.1) is 0 Å². The lowest BCUT2D eigenvalue weighted by atomic mass is 10.0. The van der Waals surface area contributed by atoms with Gasteiger partial charge in [-0.1, -0.05) is 24.2 Å². The lowest BCUT2D eigenvalue weighted by Crippen LogP contribution is -2.39. The topological polar surface area (TPSA) is 92.5 Å². The number of benzene rings is 2. The van der Waals surface area contributed by atoms with E-state index < -0.39 is 15.9 Å². The van der Waals surface area contributed by atoms with Crippen molar-refractivity contribution in [2.75, 3.05) is 18.4 Å². The van der Waals surface area contributed by atoms with E-state index in [-0.39, 0.29) is 22.2 Å². The number of amides is 1. The number of sulfonamides is 1. The molecule has 1 atom stereocenters. The van der Waals surface area contributed by atoms with E-state index in [1.54, 1.807) is 19.1 Å². The Balaban J connectivity index is 1.45. The molecule has 9 heteroatoms. The number of carbonyl (C=O) groups excluding carboxylic acids is 1. The number of nitrogens with zero attached hydrogens (tertiary/aromatic N) is 2. The Morgan fingerprint density at radius 1 is 1.19 bits per heavy atom. The second-order valence-corrected chi connectivity index (χ2v) is 10.1. The number of aryl methyl sites for hydroxylation is 1. The van der Waals surface area contributed by atoms with Gasteiger partial charge in [0.1, 0.15) is 5.82 Å². The van der Waals surface area contributed by atoms with Crippen LogP contribution in [0.4, 0.5) is 10.1 Å². The van der Waals surface area contributed by atoms with Crippen LogP contribution in [0.1, 0.15) is 35.8 Å². The molecule has 1 unspecified atom stereocenters. The third-order valence-corrected chi connectivity index (χ3v) is 7.45. The molecule has 3 aromatic rings. The summed E-state index contributed by atoms with van der Waals surface area (Å²) in [5.74, 6) is -0.293. The van der Waals surface area contributed by atoms with Gasteiger partial charge >= 0.3 is 0 Å². The van der Waals surface area contributed by atoms with Gasteiger partial charge in [-0.25, -0.2) is 12.8 Å². The lowest BCUT2D eigenvalue weighted by molar-refractivity contribution is 0.101. The molecule has 1 aliphatic rings. The van der Waals surface area contributed by atoms with E-state index in [1.807, 2.05) is 6.92 Å². The van der Waals surface area contributed by atoms with Crippen molar-refractivity contribution in [1.29, 1.82) is 0 Å². The summed E-state index contributed by atoms with van der Waals surface area (Å²) in [6.07, 6.45) is 1.88. The minimum Gasteiger partial charge on any atom is -0.355 e. The Morgan fingerprint density at radius 3 is 2.62 bits per heavy atom. The molecule has 1 amide bonds. The van der Waals surface area contributed by atoms with Crippen molar-refractivity contribution in [3.05, 3.63) is 65.6 Å². The summed E-state index contributed by atoms with van der Waals surface area (Å²) in [5.41, 5.74) is 1.43. The zero-order valence-corrected chi connectivity index (χ0v) is 18.7. The number of piperidine rings is 1. The number of hydrogen-bond acceptors (Lipinski definition) is 5. The minimum atomic E-state index is -3.56. The summed E-state index contributed by atoms with van der Waals surface area (Å²) in [7, 11) is -3.56. The van der Waals surface area contributed by atoms with Crippen LogP contribution < -0.4 is 5.32 Å². The third-order valence-electron chi connectivity index (χ3n) is 5.57. The molecule has 1 fully saturated rings. The Morgan fingerprint density at radius 2 is 1.94 bits per heavy atom. The Labute approximate surface area is 186 Å². The SMILES string of the molecule is Cc1ccc(-c2cc(C(=O)Nc3ccc(S(=O)(=O)N4CCCC(C)C4)cc3)no2)cc1F. The molecule has 2 aromatic carbocycles. The van der Waals surface area contributed by atoms with E-state index >= 15 is 0 Å². The number of nitrogens with one attached hydrogen (secondary N) is 1. The molecule has 2 heterocycles. The summed E-state index contributed by atoms with van der Waals surface area (Å²) in [6, 6.07) is 12.1. The monoisotopic (exact) mass is 457 g/mol. The van der Waals surface area contributed by atoms with Gasteiger partial charge in [-0.05, 0) is 61.6 Å². The first-order chi connectivity index (χ1) is 15.2. The molecule has 32 heavy (non-hydrogen) atoms. The standard InChI is InChI=1S/C23H24FN3O4S/c1-15-4-3-11-27(14-15)32(29,30)19-9-7-18(8-10-19)25-23(28)21-13-22(31-26-21)17-6-5-16(2)20(24)12-17/h5-10,12-13,15H,3-4,11,14H2,1-2H3,(H,25,28). The molecule has 0 spiro atoms. The van der Waals surface area contributed by atoms with Crippen molar-refractivity contribution in [1.82, 2.24) is 9.46 Å². The first-order valence-electron chi connectivity index (χ1n) is 10.4. The van der Waals surface area contributed by atoms with Gasteiger partial charge in [-0.3, -0.25) is 4.79 Å². The average Bonchev–Trinajstić information content (AvgIpc) is 3.26. The van der Waals surface area contributed by atoms with Gasteiger partial charge in [-0.2, -0.15) is 4.31 Å². The number of rotatable bonds is 5. The minimum absolute atomic E-state index is 0.0278. The molecule has 0 aliphatic carbocycles. The molecule has 4 rings (SSSR count). The molecule has 1 saturated heterocycles. The molecule has 1 aromatic heterocycles. The first kappa shape index (κ1) is 22.2. The van der Waals surface area contributed by atoms with Gasteiger partial charge in [0, 0.05) is 30.4 Å². The highest BCUT2D eigenvalue weighted by molar-refractivity contribution is 7.89. The predicted molar refractivity (Wildman–Crippen MR) is 118 cm³/mol. The summed E-state index contributed by atoms with van der Waals surface area (Å²) in [4.78, 5) is 12.7. The number of hydrogen-bond donors (Lipinski definition) is 1. The zero-order chi connectivity index (χ0) is 22.9. The van der Waals surface area contributed by atoms with Crippen molar-refractivity contribution < 1.29 is 22.1 Å². The molecule has 1 aliphatic heterocycles. The molecular weight excluding hydrogens is 433 g/mol. The second-order valence-electron chi connectivity index (χ2n) is 8.13. The maximum atomic E-state index is 13.8. The lowest BCUT2D eigenvalue weighted by Gasteiger charge is -2.30. The van der Waals surface area contributed by atoms with E-state index in [2.05, 4.69) is 10.5 Å². The average molecular weight is 458 g/mol. The van der Waals surface area contributed by atoms with E-state index in [0.717, 1.165) is 12.8 Å². The quantitative estimate of drug-likeness (QED) is 0.611. The summed E-state index contributed by atoms with van der Waals surface area (Å²) in [6.45, 7) is 4.73. The molecule has 0 saturated carbocycles. The summed E-state index contributed by atoms with van der Waals surface area (Å²) in [5, 5.41) is 6.42. The van der Waals surface area contributed by atoms with Gasteiger partial charge in [0.15, 0.2) is 11.5 Å². The van der Waals surface area contributed by atoms with Gasteiger partial charge in [0.05, 0.1) is 4.90 Å². The van der Waals surface area contributed by atoms with Crippen molar-refractivity contribution in [3.8, 4) is 11.3 Å². The Kier molecular flexibility index (Phi) is 6.12. The maximum Gasteiger partial charge on any atom is 0.277 e. The number of halogens is 1. The van der Waals surface area contributed by atoms with Crippen molar-refractivity contribution in [2.45, 2.75) is 31.6 Å². The van der Waals surface area contributed by atoms with Crippen LogP contribution in [0.3, 0.4) is 0 Å². The normalized spacial score (nSPS) is 17.3. The van der Waals surface area contributed by atoms with Crippen LogP contribution in [0.25, 0.3) is 11.3 Å². The molecule has 0 radical (unpaired) electrons. The molecular formula is C23H24FN3O4S. The number of anilines is 1. The van der Waals surface area contributed by atoms with Gasteiger partial charge in [0.2, 0.25) is 10.0 Å². The third kappa shape index (κ3) is 4.58. The molecule has 1 N–H and O–H groups in total. The Bertz CT molecular complexity index is 1240. The van der Waals surface area contributed by atoms with Crippen LogP contribution in [0, 0.1) is 18.7 Å². The second kappa shape index (κ2) is 8.84. The zero-order valence-electron chi connectivity index (χ0n) is 17.8. The largest absolute Gasteiger partial charge is 0.355 e. The highest BCUT2D eigenvalue weighted by Gasteiger charge is 2.28. The van der Waals surface area contributed by atoms with E-state index in [4.69, 9.17) is 4.52 Å². The molecule has 7 nitrogen and oxygen atoms in total. The van der Waals surface area contributed by atoms with Gasteiger partial charge < -0.3 is 9.84 Å². The van der Waals surface area contributed by atoms with Crippen LogP contribution in [-0.2, 0) is 10.0 Å². The van der Waals surface area contributed by atoms with Crippen LogP contribution in [0.2, 0.25) is 0 Å². The highest BCUT2D eigenvalue weighted by atomic mass is 32.2. The fourth-order valence-electron chi connectivity index (χ4n) is 3.68. The predicted octanol–water partition coefficient (Wildman–Crippen LogP) is 4.46. The fourth-order valence-corrected chi connectivity index (χ4v) is 5.28. The van der Waals surface area contributed by atoms with E-state index in [0.29, 0.717) is 35.8 Å². The van der Waals surface area contributed by atoms with Crippen molar-refractivity contribution >= 4 is 21.6 Å². The van der Waals surface area contributed by atoms with Crippen LogP contribution in [0.5, 0.6) is 0 Å². The number of aromatic nitrogens is 1. The maximum absolute atomic E-state index is 13.8. The molecule has 168 valence electrons. The number of carbonyl (C=O) groups is 1. The van der Waals surface area contributed by atoms with Crippen LogP contribution in [0.15, 0.2) is 57.9 Å². The Hall–Kier alpha value is -3.04. The molecule has 0 bridgehead atoms.